The molecule has 0 saturated heterocycles. The second-order valence-corrected chi connectivity index (χ2v) is 7.01. The van der Waals surface area contributed by atoms with Crippen molar-refractivity contribution in [3.05, 3.63) is 57.9 Å². The first-order valence-corrected chi connectivity index (χ1v) is 9.61. The zero-order chi connectivity index (χ0) is 21.3. The number of nitrogens with zero attached hydrogens (tertiary/aromatic N) is 4. The molecule has 0 unspecified atom stereocenters. The highest BCUT2D eigenvalue weighted by molar-refractivity contribution is 5.99. The predicted octanol–water partition coefficient (Wildman–Crippen LogP) is 2.31. The van der Waals surface area contributed by atoms with Crippen LogP contribution in [0.4, 0.5) is 11.5 Å². The predicted molar refractivity (Wildman–Crippen MR) is 113 cm³/mol. The third kappa shape index (κ3) is 3.54. The lowest BCUT2D eigenvalue weighted by Gasteiger charge is -2.11. The highest BCUT2D eigenvalue weighted by atomic mass is 16.2. The van der Waals surface area contributed by atoms with E-state index < -0.39 is 0 Å². The van der Waals surface area contributed by atoms with Crippen LogP contribution in [0.3, 0.4) is 0 Å². The van der Waals surface area contributed by atoms with Gasteiger partial charge in [0.2, 0.25) is 0 Å². The normalized spacial score (nSPS) is 11.0. The van der Waals surface area contributed by atoms with Crippen LogP contribution in [0.15, 0.2) is 35.5 Å². The Labute approximate surface area is 171 Å². The number of H-pyrrole nitrogens is 2. The van der Waals surface area contributed by atoms with E-state index in [1.807, 2.05) is 39.0 Å². The van der Waals surface area contributed by atoms with Crippen molar-refractivity contribution in [2.75, 3.05) is 11.9 Å². The summed E-state index contributed by atoms with van der Waals surface area (Å²) < 4.78 is 1.65. The van der Waals surface area contributed by atoms with Crippen molar-refractivity contribution in [3.63, 3.8) is 0 Å². The standard InChI is InChI=1S/C20H22N8O2/c1-4-7-21-19(29)14-9-28-16(12(14)3)18(22-10-23-28)24-15-8-13(6-5-11(15)2)17-25-20(30)27-26-17/h5-6,8-10H,4,7H2,1-3H3,(H,21,29)(H,22,23,24)(H2,25,26,27,30). The summed E-state index contributed by atoms with van der Waals surface area (Å²) in [5, 5.41) is 16.8. The van der Waals surface area contributed by atoms with Crippen LogP contribution in [0.1, 0.15) is 34.8 Å². The van der Waals surface area contributed by atoms with E-state index >= 15 is 0 Å². The van der Waals surface area contributed by atoms with E-state index in [1.54, 1.807) is 10.7 Å². The van der Waals surface area contributed by atoms with Crippen molar-refractivity contribution in [2.45, 2.75) is 27.2 Å². The van der Waals surface area contributed by atoms with E-state index in [-0.39, 0.29) is 11.6 Å². The summed E-state index contributed by atoms with van der Waals surface area (Å²) in [5.41, 5.74) is 4.24. The molecule has 1 amide bonds. The molecule has 0 spiro atoms. The number of rotatable bonds is 6. The molecule has 30 heavy (non-hydrogen) atoms. The fourth-order valence-electron chi connectivity index (χ4n) is 3.25. The molecule has 10 nitrogen and oxygen atoms in total. The molecule has 0 radical (unpaired) electrons. The number of hydrogen-bond donors (Lipinski definition) is 4. The monoisotopic (exact) mass is 406 g/mol. The molecule has 4 aromatic rings. The van der Waals surface area contributed by atoms with E-state index in [2.05, 4.69) is 35.9 Å². The molecular weight excluding hydrogens is 384 g/mol. The molecule has 3 aromatic heterocycles. The van der Waals surface area contributed by atoms with Gasteiger partial charge in [-0.1, -0.05) is 19.1 Å². The maximum atomic E-state index is 12.5. The number of hydrogen-bond acceptors (Lipinski definition) is 6. The van der Waals surface area contributed by atoms with Gasteiger partial charge in [-0.25, -0.2) is 19.4 Å². The second-order valence-electron chi connectivity index (χ2n) is 7.01. The second kappa shape index (κ2) is 7.82. The van der Waals surface area contributed by atoms with Crippen LogP contribution in [-0.2, 0) is 0 Å². The summed E-state index contributed by atoms with van der Waals surface area (Å²) in [4.78, 5) is 30.9. The molecule has 3 heterocycles. The Kier molecular flexibility index (Phi) is 5.05. The largest absolute Gasteiger partial charge is 0.352 e. The van der Waals surface area contributed by atoms with E-state index in [0.29, 0.717) is 23.8 Å². The molecule has 154 valence electrons. The average molecular weight is 406 g/mol. The number of fused-ring (bicyclic) bond motifs is 1. The molecule has 0 atom stereocenters. The smallest absolute Gasteiger partial charge is 0.340 e. The highest BCUT2D eigenvalue weighted by Gasteiger charge is 2.18. The Morgan fingerprint density at radius 3 is 2.83 bits per heavy atom. The van der Waals surface area contributed by atoms with Crippen molar-refractivity contribution in [2.24, 2.45) is 0 Å². The van der Waals surface area contributed by atoms with Gasteiger partial charge in [0.25, 0.3) is 5.91 Å². The highest BCUT2D eigenvalue weighted by Crippen LogP contribution is 2.29. The van der Waals surface area contributed by atoms with E-state index in [0.717, 1.165) is 34.3 Å². The number of aryl methyl sites for hydroxylation is 2. The quantitative estimate of drug-likeness (QED) is 0.388. The van der Waals surface area contributed by atoms with Crippen LogP contribution in [0.5, 0.6) is 0 Å². The molecule has 0 fully saturated rings. The molecule has 0 aliphatic carbocycles. The van der Waals surface area contributed by atoms with Crippen LogP contribution in [0, 0.1) is 13.8 Å². The van der Waals surface area contributed by atoms with Gasteiger partial charge in [-0.05, 0) is 37.5 Å². The van der Waals surface area contributed by atoms with Crippen LogP contribution in [0.2, 0.25) is 0 Å². The van der Waals surface area contributed by atoms with Gasteiger partial charge < -0.3 is 10.6 Å². The van der Waals surface area contributed by atoms with Crippen LogP contribution >= 0.6 is 0 Å². The first-order chi connectivity index (χ1) is 14.5. The van der Waals surface area contributed by atoms with Gasteiger partial charge in [0, 0.05) is 24.0 Å². The molecule has 10 heteroatoms. The van der Waals surface area contributed by atoms with Gasteiger partial charge in [0.05, 0.1) is 5.56 Å². The summed E-state index contributed by atoms with van der Waals surface area (Å²) in [6.45, 7) is 6.46. The molecule has 4 N–H and O–H groups in total. The van der Waals surface area contributed by atoms with Gasteiger partial charge in [0.15, 0.2) is 11.6 Å². The van der Waals surface area contributed by atoms with Gasteiger partial charge in [-0.3, -0.25) is 9.78 Å². The summed E-state index contributed by atoms with van der Waals surface area (Å²) >= 11 is 0. The minimum absolute atomic E-state index is 0.133. The number of aromatic amines is 2. The van der Waals surface area contributed by atoms with Crippen molar-refractivity contribution in [1.29, 1.82) is 0 Å². The Bertz CT molecular complexity index is 1280. The molecule has 0 aliphatic heterocycles. The number of carbonyl (C=O) groups is 1. The molecule has 4 rings (SSSR count). The Morgan fingerprint density at radius 2 is 2.10 bits per heavy atom. The van der Waals surface area contributed by atoms with Crippen molar-refractivity contribution >= 4 is 22.9 Å². The van der Waals surface area contributed by atoms with Crippen LogP contribution in [0.25, 0.3) is 16.9 Å². The van der Waals surface area contributed by atoms with E-state index in [1.165, 1.54) is 6.33 Å². The minimum Gasteiger partial charge on any atom is -0.352 e. The number of aromatic nitrogens is 6. The maximum absolute atomic E-state index is 12.5. The van der Waals surface area contributed by atoms with Crippen molar-refractivity contribution in [3.8, 4) is 11.4 Å². The van der Waals surface area contributed by atoms with Gasteiger partial charge >= 0.3 is 5.69 Å². The fourth-order valence-corrected chi connectivity index (χ4v) is 3.25. The Balaban J connectivity index is 1.73. The zero-order valence-corrected chi connectivity index (χ0v) is 16.9. The SMILES string of the molecule is CCCNC(=O)c1cn2ncnc(Nc3cc(-c4n[nH]c(=O)[nH]4)ccc3C)c2c1C. The molecule has 0 bridgehead atoms. The van der Waals surface area contributed by atoms with E-state index in [4.69, 9.17) is 0 Å². The average Bonchev–Trinajstić information content (AvgIpc) is 3.32. The number of carbonyl (C=O) groups excluding carboxylic acids is 1. The van der Waals surface area contributed by atoms with Crippen molar-refractivity contribution in [1.82, 2.24) is 35.1 Å². The number of amides is 1. The maximum Gasteiger partial charge on any atom is 0.340 e. The van der Waals surface area contributed by atoms with E-state index in [9.17, 15) is 9.59 Å². The summed E-state index contributed by atoms with van der Waals surface area (Å²) in [6, 6.07) is 5.69. The third-order valence-corrected chi connectivity index (χ3v) is 4.87. The van der Waals surface area contributed by atoms with Crippen LogP contribution in [-0.4, -0.2) is 42.2 Å². The summed E-state index contributed by atoms with van der Waals surface area (Å²) in [6.07, 6.45) is 4.01. The Hall–Kier alpha value is -3.95. The molecule has 0 aliphatic rings. The first kappa shape index (κ1) is 19.4. The lowest BCUT2D eigenvalue weighted by atomic mass is 10.1. The number of nitrogens with one attached hydrogen (secondary N) is 4. The van der Waals surface area contributed by atoms with Gasteiger partial charge in [-0.2, -0.15) is 10.2 Å². The summed E-state index contributed by atoms with van der Waals surface area (Å²) in [5.74, 6) is 0.893. The molecule has 1 aromatic carbocycles. The Morgan fingerprint density at radius 1 is 1.27 bits per heavy atom. The van der Waals surface area contributed by atoms with Gasteiger partial charge in [-0.15, -0.1) is 0 Å². The lowest BCUT2D eigenvalue weighted by molar-refractivity contribution is 0.0953. The number of benzene rings is 1. The zero-order valence-electron chi connectivity index (χ0n) is 16.9. The van der Waals surface area contributed by atoms with Gasteiger partial charge in [0.1, 0.15) is 11.8 Å². The third-order valence-electron chi connectivity index (χ3n) is 4.87. The first-order valence-electron chi connectivity index (χ1n) is 9.61. The van der Waals surface area contributed by atoms with Crippen LogP contribution < -0.4 is 16.3 Å². The summed E-state index contributed by atoms with van der Waals surface area (Å²) in [7, 11) is 0. The fraction of sp³-hybridized carbons (Fsp3) is 0.250. The number of anilines is 2. The lowest BCUT2D eigenvalue weighted by Crippen LogP contribution is -2.24. The topological polar surface area (TPSA) is 133 Å². The minimum atomic E-state index is -0.365. The van der Waals surface area contributed by atoms with Crippen molar-refractivity contribution < 1.29 is 4.79 Å². The molecule has 0 saturated carbocycles. The molecular formula is C20H22N8O2.